The fraction of sp³-hybridized carbons (Fsp3) is 0.692. The number of rotatable bonds is 4. The van der Waals surface area contributed by atoms with Crippen LogP contribution in [0, 0.1) is 0 Å². The average molecular weight is 265 g/mol. The molecule has 6 heteroatoms. The third-order valence-electron chi connectivity index (χ3n) is 3.57. The Balaban J connectivity index is 1.90. The number of hydrogen-bond acceptors (Lipinski definition) is 4. The minimum atomic E-state index is -0.591. The van der Waals surface area contributed by atoms with E-state index in [0.717, 1.165) is 44.7 Å². The van der Waals surface area contributed by atoms with E-state index in [1.54, 1.807) is 17.1 Å². The number of carbonyl (C=O) groups is 1. The Morgan fingerprint density at radius 3 is 2.63 bits per heavy atom. The summed E-state index contributed by atoms with van der Waals surface area (Å²) in [6.07, 6.45) is 4.62. The Hall–Kier alpha value is -1.40. The monoisotopic (exact) mass is 265 g/mol. The molecule has 0 aromatic carbocycles. The molecule has 6 nitrogen and oxygen atoms in total. The van der Waals surface area contributed by atoms with Crippen molar-refractivity contribution < 1.29 is 4.79 Å². The average Bonchev–Trinajstić information content (AvgIpc) is 2.85. The summed E-state index contributed by atoms with van der Waals surface area (Å²) in [6, 6.07) is -0.591. The molecule has 19 heavy (non-hydrogen) atoms. The summed E-state index contributed by atoms with van der Waals surface area (Å²) in [7, 11) is 1.82. The Bertz CT molecular complexity index is 422. The molecule has 2 N–H and O–H groups in total. The van der Waals surface area contributed by atoms with Gasteiger partial charge < -0.3 is 10.6 Å². The second kappa shape index (κ2) is 6.16. The van der Waals surface area contributed by atoms with E-state index in [0.29, 0.717) is 0 Å². The highest BCUT2D eigenvalue weighted by atomic mass is 16.2. The maximum atomic E-state index is 12.3. The van der Waals surface area contributed by atoms with Crippen LogP contribution >= 0.6 is 0 Å². The van der Waals surface area contributed by atoms with Gasteiger partial charge in [0, 0.05) is 45.0 Å². The van der Waals surface area contributed by atoms with Crippen LogP contribution in [0.3, 0.4) is 0 Å². The van der Waals surface area contributed by atoms with Crippen LogP contribution in [0.4, 0.5) is 0 Å². The quantitative estimate of drug-likeness (QED) is 0.830. The van der Waals surface area contributed by atoms with E-state index >= 15 is 0 Å². The number of amides is 1. The molecular weight excluding hydrogens is 242 g/mol. The molecule has 1 aliphatic rings. The second-order valence-electron chi connectivity index (χ2n) is 5.09. The zero-order valence-electron chi connectivity index (χ0n) is 11.7. The summed E-state index contributed by atoms with van der Waals surface area (Å²) in [5, 5.41) is 4.06. The van der Waals surface area contributed by atoms with E-state index in [4.69, 9.17) is 5.73 Å². The van der Waals surface area contributed by atoms with Gasteiger partial charge in [-0.05, 0) is 13.0 Å². The van der Waals surface area contributed by atoms with Gasteiger partial charge in [0.25, 0.3) is 0 Å². The van der Waals surface area contributed by atoms with E-state index in [1.807, 2.05) is 11.9 Å². The van der Waals surface area contributed by atoms with Gasteiger partial charge in [-0.15, -0.1) is 0 Å². The van der Waals surface area contributed by atoms with Crippen LogP contribution in [0.2, 0.25) is 0 Å². The minimum Gasteiger partial charge on any atom is -0.338 e. The molecule has 106 valence electrons. The van der Waals surface area contributed by atoms with Crippen molar-refractivity contribution in [3.8, 4) is 0 Å². The van der Waals surface area contributed by atoms with Gasteiger partial charge in [-0.2, -0.15) is 5.10 Å². The van der Waals surface area contributed by atoms with Crippen LogP contribution in [-0.2, 0) is 11.8 Å². The molecule has 1 unspecified atom stereocenters. The van der Waals surface area contributed by atoms with E-state index < -0.39 is 6.04 Å². The number of piperazine rings is 1. The molecule has 1 saturated heterocycles. The molecule has 1 amide bonds. The molecule has 1 aromatic heterocycles. The highest BCUT2D eigenvalue weighted by Gasteiger charge is 2.26. The Morgan fingerprint density at radius 1 is 1.42 bits per heavy atom. The fourth-order valence-corrected chi connectivity index (χ4v) is 2.45. The van der Waals surface area contributed by atoms with Gasteiger partial charge in [-0.3, -0.25) is 14.4 Å². The molecule has 0 saturated carbocycles. The molecule has 2 rings (SSSR count). The standard InChI is InChI=1S/C13H23N5O/c1-3-4-17-5-7-18(8-6-17)13(19)12(14)11-9-15-16(2)10-11/h9-10,12H,3-8,14H2,1-2H3. The van der Waals surface area contributed by atoms with Crippen LogP contribution in [-0.4, -0.2) is 58.2 Å². The zero-order valence-corrected chi connectivity index (χ0v) is 11.7. The molecule has 1 aliphatic heterocycles. The number of carbonyl (C=O) groups excluding carboxylic acids is 1. The Kier molecular flexibility index (Phi) is 4.55. The van der Waals surface area contributed by atoms with Crippen LogP contribution in [0.25, 0.3) is 0 Å². The van der Waals surface area contributed by atoms with Crippen molar-refractivity contribution in [2.45, 2.75) is 19.4 Å². The molecular formula is C13H23N5O. The van der Waals surface area contributed by atoms with Crippen LogP contribution in [0.1, 0.15) is 24.9 Å². The van der Waals surface area contributed by atoms with Gasteiger partial charge in [0.05, 0.1) is 6.20 Å². The van der Waals surface area contributed by atoms with Crippen LogP contribution in [0.5, 0.6) is 0 Å². The molecule has 1 atom stereocenters. The van der Waals surface area contributed by atoms with Crippen LogP contribution < -0.4 is 5.73 Å². The molecule has 1 fully saturated rings. The van der Waals surface area contributed by atoms with Gasteiger partial charge in [0.2, 0.25) is 5.91 Å². The third-order valence-corrected chi connectivity index (χ3v) is 3.57. The Morgan fingerprint density at radius 2 is 2.11 bits per heavy atom. The molecule has 0 radical (unpaired) electrons. The fourth-order valence-electron chi connectivity index (χ4n) is 2.45. The van der Waals surface area contributed by atoms with Gasteiger partial charge in [-0.1, -0.05) is 6.92 Å². The summed E-state index contributed by atoms with van der Waals surface area (Å²) in [5.41, 5.74) is 6.80. The smallest absolute Gasteiger partial charge is 0.244 e. The van der Waals surface area contributed by atoms with Crippen molar-refractivity contribution in [2.24, 2.45) is 12.8 Å². The molecule has 2 heterocycles. The molecule has 0 spiro atoms. The first-order valence-electron chi connectivity index (χ1n) is 6.87. The Labute approximate surface area is 114 Å². The van der Waals surface area contributed by atoms with Gasteiger partial charge >= 0.3 is 0 Å². The van der Waals surface area contributed by atoms with E-state index in [2.05, 4.69) is 16.9 Å². The van der Waals surface area contributed by atoms with Crippen molar-refractivity contribution in [3.63, 3.8) is 0 Å². The molecule has 0 aliphatic carbocycles. The lowest BCUT2D eigenvalue weighted by Crippen LogP contribution is -2.51. The SMILES string of the molecule is CCCN1CCN(C(=O)C(N)c2cnn(C)c2)CC1. The number of aryl methyl sites for hydroxylation is 1. The number of nitrogens with zero attached hydrogens (tertiary/aromatic N) is 4. The van der Waals surface area contributed by atoms with Crippen LogP contribution in [0.15, 0.2) is 12.4 Å². The van der Waals surface area contributed by atoms with Crippen molar-refractivity contribution in [2.75, 3.05) is 32.7 Å². The summed E-state index contributed by atoms with van der Waals surface area (Å²) in [5.74, 6) is 0.00384. The topological polar surface area (TPSA) is 67.4 Å². The van der Waals surface area contributed by atoms with Gasteiger partial charge in [-0.25, -0.2) is 0 Å². The maximum absolute atomic E-state index is 12.3. The third kappa shape index (κ3) is 3.33. The summed E-state index contributed by atoms with van der Waals surface area (Å²) >= 11 is 0. The number of nitrogens with two attached hydrogens (primary N) is 1. The van der Waals surface area contributed by atoms with Crippen molar-refractivity contribution in [1.82, 2.24) is 19.6 Å². The lowest BCUT2D eigenvalue weighted by molar-refractivity contribution is -0.134. The highest BCUT2D eigenvalue weighted by molar-refractivity contribution is 5.83. The summed E-state index contributed by atoms with van der Waals surface area (Å²) in [6.45, 7) is 6.71. The van der Waals surface area contributed by atoms with Gasteiger partial charge in [0.15, 0.2) is 0 Å². The highest BCUT2D eigenvalue weighted by Crippen LogP contribution is 2.14. The van der Waals surface area contributed by atoms with E-state index in [1.165, 1.54) is 0 Å². The van der Waals surface area contributed by atoms with E-state index in [9.17, 15) is 4.79 Å². The maximum Gasteiger partial charge on any atom is 0.244 e. The van der Waals surface area contributed by atoms with Crippen molar-refractivity contribution >= 4 is 5.91 Å². The van der Waals surface area contributed by atoms with E-state index in [-0.39, 0.29) is 5.91 Å². The lowest BCUT2D eigenvalue weighted by Gasteiger charge is -2.35. The van der Waals surface area contributed by atoms with Crippen molar-refractivity contribution in [3.05, 3.63) is 18.0 Å². The van der Waals surface area contributed by atoms with Gasteiger partial charge in [0.1, 0.15) is 6.04 Å². The van der Waals surface area contributed by atoms with Crippen molar-refractivity contribution in [1.29, 1.82) is 0 Å². The predicted octanol–water partition coefficient (Wildman–Crippen LogP) is -0.0259. The summed E-state index contributed by atoms with van der Waals surface area (Å²) < 4.78 is 1.67. The lowest BCUT2D eigenvalue weighted by atomic mass is 10.1. The number of aromatic nitrogens is 2. The largest absolute Gasteiger partial charge is 0.338 e. The molecule has 0 bridgehead atoms. The first-order chi connectivity index (χ1) is 9.11. The first-order valence-corrected chi connectivity index (χ1v) is 6.87. The normalized spacial score (nSPS) is 18.6. The molecule has 1 aromatic rings. The first kappa shape index (κ1) is 14.0. The second-order valence-corrected chi connectivity index (χ2v) is 5.09. The number of hydrogen-bond donors (Lipinski definition) is 1. The summed E-state index contributed by atoms with van der Waals surface area (Å²) in [4.78, 5) is 16.6. The zero-order chi connectivity index (χ0) is 13.8. The predicted molar refractivity (Wildman–Crippen MR) is 73.4 cm³/mol. The minimum absolute atomic E-state index is 0.00384.